The molecule has 1 saturated carbocycles. The summed E-state index contributed by atoms with van der Waals surface area (Å²) < 4.78 is 0. The van der Waals surface area contributed by atoms with E-state index in [0.29, 0.717) is 6.54 Å². The molecule has 1 saturated heterocycles. The first-order valence-corrected chi connectivity index (χ1v) is 7.94. The largest absolute Gasteiger partial charge is 0.357 e. The maximum absolute atomic E-state index is 12.2. The molecule has 1 aliphatic heterocycles. The molecule has 1 aliphatic carbocycles. The second-order valence-corrected chi connectivity index (χ2v) is 6.26. The number of pyridine rings is 1. The van der Waals surface area contributed by atoms with E-state index >= 15 is 0 Å². The highest BCUT2D eigenvalue weighted by Crippen LogP contribution is 2.27. The maximum Gasteiger partial charge on any atom is 0.240 e. The Morgan fingerprint density at radius 1 is 1.29 bits per heavy atom. The molecule has 3 N–H and O–H groups in total. The van der Waals surface area contributed by atoms with Crippen LogP contribution in [0.4, 0.5) is 5.82 Å². The zero-order chi connectivity index (χ0) is 14.7. The quantitative estimate of drug-likeness (QED) is 0.882. The Hall–Kier alpha value is -1.62. The Labute approximate surface area is 125 Å². The van der Waals surface area contributed by atoms with E-state index in [1.807, 2.05) is 12.3 Å². The Kier molecular flexibility index (Phi) is 4.10. The molecule has 3 rings (SSSR count). The van der Waals surface area contributed by atoms with Gasteiger partial charge in [-0.1, -0.05) is 12.8 Å². The van der Waals surface area contributed by atoms with Gasteiger partial charge in [-0.2, -0.15) is 0 Å². The highest BCUT2D eigenvalue weighted by molar-refractivity contribution is 5.86. The number of carbonyl (C=O) groups is 1. The highest BCUT2D eigenvalue weighted by atomic mass is 16.2. The zero-order valence-corrected chi connectivity index (χ0v) is 12.5. The van der Waals surface area contributed by atoms with E-state index in [2.05, 4.69) is 21.3 Å². The lowest BCUT2D eigenvalue weighted by Crippen LogP contribution is -2.51. The highest BCUT2D eigenvalue weighted by Gasteiger charge is 2.36. The van der Waals surface area contributed by atoms with Crippen molar-refractivity contribution in [3.8, 4) is 0 Å². The fraction of sp³-hybridized carbons (Fsp3) is 0.625. The van der Waals surface area contributed by atoms with Crippen LogP contribution in [0.25, 0.3) is 0 Å². The van der Waals surface area contributed by atoms with Crippen LogP contribution in [0, 0.1) is 0 Å². The summed E-state index contributed by atoms with van der Waals surface area (Å²) in [5.41, 5.74) is 6.60. The summed E-state index contributed by atoms with van der Waals surface area (Å²) in [6.07, 6.45) is 8.00. The van der Waals surface area contributed by atoms with E-state index in [-0.39, 0.29) is 5.91 Å². The molecule has 0 bridgehead atoms. The molecule has 114 valence electrons. The van der Waals surface area contributed by atoms with Crippen LogP contribution >= 0.6 is 0 Å². The van der Waals surface area contributed by atoms with Crippen molar-refractivity contribution < 1.29 is 4.79 Å². The predicted octanol–water partition coefficient (Wildman–Crippen LogP) is 1.57. The fourth-order valence-corrected chi connectivity index (χ4v) is 3.28. The van der Waals surface area contributed by atoms with Crippen LogP contribution in [-0.2, 0) is 11.3 Å². The predicted molar refractivity (Wildman–Crippen MR) is 82.9 cm³/mol. The SMILES string of the molecule is NC1(C(=O)NCc2ccnc(N3CCCC3)c2)CCCC1. The van der Waals surface area contributed by atoms with E-state index in [1.165, 1.54) is 12.8 Å². The Morgan fingerprint density at radius 2 is 2.00 bits per heavy atom. The lowest BCUT2D eigenvalue weighted by Gasteiger charge is -2.22. The van der Waals surface area contributed by atoms with Crippen LogP contribution in [0.2, 0.25) is 0 Å². The minimum Gasteiger partial charge on any atom is -0.357 e. The fourth-order valence-electron chi connectivity index (χ4n) is 3.28. The summed E-state index contributed by atoms with van der Waals surface area (Å²) in [5.74, 6) is 1.00. The number of hydrogen-bond acceptors (Lipinski definition) is 4. The molecular formula is C16H24N4O. The van der Waals surface area contributed by atoms with Crippen LogP contribution in [0.1, 0.15) is 44.1 Å². The summed E-state index contributed by atoms with van der Waals surface area (Å²) in [5, 5.41) is 2.99. The van der Waals surface area contributed by atoms with Crippen molar-refractivity contribution in [2.24, 2.45) is 5.73 Å². The lowest BCUT2D eigenvalue weighted by atomic mass is 9.98. The molecule has 1 aromatic heterocycles. The number of aromatic nitrogens is 1. The number of rotatable bonds is 4. The van der Waals surface area contributed by atoms with Crippen molar-refractivity contribution >= 4 is 11.7 Å². The molecule has 0 atom stereocenters. The Bertz CT molecular complexity index is 505. The number of anilines is 1. The third kappa shape index (κ3) is 3.18. The number of hydrogen-bond donors (Lipinski definition) is 2. The Balaban J connectivity index is 1.60. The summed E-state index contributed by atoms with van der Waals surface area (Å²) in [7, 11) is 0. The molecule has 21 heavy (non-hydrogen) atoms. The van der Waals surface area contributed by atoms with E-state index < -0.39 is 5.54 Å². The zero-order valence-electron chi connectivity index (χ0n) is 12.5. The summed E-state index contributed by atoms with van der Waals surface area (Å²) in [6, 6.07) is 4.03. The van der Waals surface area contributed by atoms with Crippen LogP contribution in [0.15, 0.2) is 18.3 Å². The molecule has 0 aromatic carbocycles. The van der Waals surface area contributed by atoms with Gasteiger partial charge in [0.15, 0.2) is 0 Å². The summed E-state index contributed by atoms with van der Waals surface area (Å²) in [4.78, 5) is 18.9. The summed E-state index contributed by atoms with van der Waals surface area (Å²) in [6.45, 7) is 2.69. The van der Waals surface area contributed by atoms with Gasteiger partial charge in [0, 0.05) is 25.8 Å². The van der Waals surface area contributed by atoms with Crippen molar-refractivity contribution in [3.05, 3.63) is 23.9 Å². The van der Waals surface area contributed by atoms with Crippen molar-refractivity contribution in [1.29, 1.82) is 0 Å². The smallest absolute Gasteiger partial charge is 0.240 e. The average Bonchev–Trinajstić information content (AvgIpc) is 3.17. The van der Waals surface area contributed by atoms with Gasteiger partial charge in [-0.05, 0) is 43.4 Å². The van der Waals surface area contributed by atoms with Gasteiger partial charge in [0.25, 0.3) is 0 Å². The van der Waals surface area contributed by atoms with Gasteiger partial charge in [-0.25, -0.2) is 4.98 Å². The van der Waals surface area contributed by atoms with Crippen molar-refractivity contribution in [2.45, 2.75) is 50.6 Å². The van der Waals surface area contributed by atoms with Gasteiger partial charge in [-0.15, -0.1) is 0 Å². The van der Waals surface area contributed by atoms with E-state index in [1.54, 1.807) is 0 Å². The Morgan fingerprint density at radius 3 is 2.71 bits per heavy atom. The molecule has 2 fully saturated rings. The number of nitrogens with zero attached hydrogens (tertiary/aromatic N) is 2. The first kappa shape index (κ1) is 14.3. The van der Waals surface area contributed by atoms with Crippen LogP contribution in [0.3, 0.4) is 0 Å². The molecule has 0 spiro atoms. The van der Waals surface area contributed by atoms with Crippen LogP contribution in [-0.4, -0.2) is 29.5 Å². The van der Waals surface area contributed by atoms with E-state index in [4.69, 9.17) is 5.73 Å². The van der Waals surface area contributed by atoms with Crippen LogP contribution < -0.4 is 16.0 Å². The van der Waals surface area contributed by atoms with Gasteiger partial charge in [0.2, 0.25) is 5.91 Å². The van der Waals surface area contributed by atoms with Crippen LogP contribution in [0.5, 0.6) is 0 Å². The normalized spacial score (nSPS) is 20.7. The first-order valence-electron chi connectivity index (χ1n) is 7.94. The van der Waals surface area contributed by atoms with E-state index in [9.17, 15) is 4.79 Å². The summed E-state index contributed by atoms with van der Waals surface area (Å²) >= 11 is 0. The number of nitrogens with two attached hydrogens (primary N) is 1. The number of amides is 1. The van der Waals surface area contributed by atoms with Gasteiger partial charge >= 0.3 is 0 Å². The van der Waals surface area contributed by atoms with Gasteiger partial charge in [0.1, 0.15) is 5.82 Å². The van der Waals surface area contributed by atoms with Crippen molar-refractivity contribution in [3.63, 3.8) is 0 Å². The molecule has 1 amide bonds. The van der Waals surface area contributed by atoms with Crippen molar-refractivity contribution in [1.82, 2.24) is 10.3 Å². The molecule has 5 heteroatoms. The molecule has 1 aromatic rings. The topological polar surface area (TPSA) is 71.2 Å². The second-order valence-electron chi connectivity index (χ2n) is 6.26. The molecule has 0 radical (unpaired) electrons. The molecule has 2 heterocycles. The third-order valence-corrected chi connectivity index (χ3v) is 4.64. The first-order chi connectivity index (χ1) is 10.2. The minimum atomic E-state index is -0.648. The molecule has 2 aliphatic rings. The molecular weight excluding hydrogens is 264 g/mol. The van der Waals surface area contributed by atoms with Gasteiger partial charge in [0.05, 0.1) is 5.54 Å². The number of carbonyl (C=O) groups excluding carboxylic acids is 1. The lowest BCUT2D eigenvalue weighted by molar-refractivity contribution is -0.126. The molecule has 0 unspecified atom stereocenters. The van der Waals surface area contributed by atoms with Gasteiger partial charge < -0.3 is 16.0 Å². The monoisotopic (exact) mass is 288 g/mol. The van der Waals surface area contributed by atoms with Crippen molar-refractivity contribution in [2.75, 3.05) is 18.0 Å². The standard InChI is InChI=1S/C16H24N4O/c17-16(6-1-2-7-16)15(21)19-12-13-5-8-18-14(11-13)20-9-3-4-10-20/h5,8,11H,1-4,6-7,9-10,12,17H2,(H,19,21). The second kappa shape index (κ2) is 6.02. The van der Waals surface area contributed by atoms with Gasteiger partial charge in [-0.3, -0.25) is 4.79 Å². The van der Waals surface area contributed by atoms with E-state index in [0.717, 1.165) is 50.2 Å². The average molecular weight is 288 g/mol. The number of nitrogens with one attached hydrogen (secondary N) is 1. The minimum absolute atomic E-state index is 0.0143. The third-order valence-electron chi connectivity index (χ3n) is 4.64. The maximum atomic E-state index is 12.2. The molecule has 5 nitrogen and oxygen atoms in total.